The van der Waals surface area contributed by atoms with E-state index in [1.807, 2.05) is 19.3 Å². The predicted molar refractivity (Wildman–Crippen MR) is 123 cm³/mol. The fourth-order valence-electron chi connectivity index (χ4n) is 3.56. The number of hydrogen-bond acceptors (Lipinski definition) is 8. The molecule has 0 aromatic heterocycles. The lowest BCUT2D eigenvalue weighted by Crippen LogP contribution is -2.39. The molecule has 3 rings (SSSR count). The number of esters is 1. The first kappa shape index (κ1) is 23.5. The molecule has 0 spiro atoms. The molecule has 0 bridgehead atoms. The molecule has 2 atom stereocenters. The van der Waals surface area contributed by atoms with Gasteiger partial charge in [-0.3, -0.25) is 14.9 Å². The van der Waals surface area contributed by atoms with Crippen LogP contribution in [0.1, 0.15) is 52.1 Å². The maximum atomic E-state index is 12.9. The van der Waals surface area contributed by atoms with Gasteiger partial charge >= 0.3 is 5.97 Å². The van der Waals surface area contributed by atoms with Crippen molar-refractivity contribution in [2.75, 3.05) is 6.61 Å². The zero-order chi connectivity index (χ0) is 23.4. The molecule has 10 heteroatoms. The molecule has 2 aliphatic rings. The van der Waals surface area contributed by atoms with Gasteiger partial charge in [0.2, 0.25) is 5.91 Å². The summed E-state index contributed by atoms with van der Waals surface area (Å²) in [5.41, 5.74) is 1.91. The first-order valence-electron chi connectivity index (χ1n) is 10.4. The largest absolute Gasteiger partial charge is 0.463 e. The topological polar surface area (TPSA) is 114 Å². The van der Waals surface area contributed by atoms with Crippen LogP contribution in [0, 0.1) is 10.1 Å². The molecule has 0 radical (unpaired) electrons. The van der Waals surface area contributed by atoms with Crippen LogP contribution in [-0.2, 0) is 14.3 Å². The second-order valence-corrected chi connectivity index (χ2v) is 8.36. The van der Waals surface area contributed by atoms with Gasteiger partial charge in [-0.2, -0.15) is 0 Å². The number of nitro groups is 1. The minimum absolute atomic E-state index is 0.0384. The number of fused-ring (bicyclic) bond motifs is 1. The van der Waals surface area contributed by atoms with E-state index in [4.69, 9.17) is 4.74 Å². The fraction of sp³-hybridized carbons (Fsp3) is 0.409. The highest BCUT2D eigenvalue weighted by atomic mass is 32.2. The molecule has 2 aliphatic heterocycles. The van der Waals surface area contributed by atoms with Crippen molar-refractivity contribution in [2.24, 2.45) is 4.99 Å². The Balaban J connectivity index is 2.05. The van der Waals surface area contributed by atoms with E-state index in [0.29, 0.717) is 27.7 Å². The molecule has 0 fully saturated rings. The third kappa shape index (κ3) is 4.85. The standard InChI is InChI=1S/C22H26N4O5S/c1-5-13(3)23-18(27)11-17-12-32-22-24-14(4)19(21(28)31-6-2)20(25(17)22)15-8-7-9-16(10-15)26(29)30/h7-10,12-13,20H,5-6,11H2,1-4H3,(H,23,27)/t13-,20-/m0/s1. The van der Waals surface area contributed by atoms with Crippen molar-refractivity contribution >= 4 is 34.5 Å². The number of amidine groups is 1. The summed E-state index contributed by atoms with van der Waals surface area (Å²) in [4.78, 5) is 42.8. The van der Waals surface area contributed by atoms with E-state index in [1.54, 1.807) is 30.9 Å². The van der Waals surface area contributed by atoms with Crippen molar-refractivity contribution in [3.8, 4) is 0 Å². The number of thioether (sulfide) groups is 1. The normalized spacial score (nSPS) is 18.5. The highest BCUT2D eigenvalue weighted by Crippen LogP contribution is 2.45. The second-order valence-electron chi connectivity index (χ2n) is 7.52. The maximum Gasteiger partial charge on any atom is 0.338 e. The summed E-state index contributed by atoms with van der Waals surface area (Å²) in [7, 11) is 0. The second kappa shape index (κ2) is 9.99. The van der Waals surface area contributed by atoms with Gasteiger partial charge in [-0.05, 0) is 38.2 Å². The summed E-state index contributed by atoms with van der Waals surface area (Å²) < 4.78 is 5.28. The monoisotopic (exact) mass is 458 g/mol. The number of aliphatic imine (C=N–C) groups is 1. The quantitative estimate of drug-likeness (QED) is 0.355. The number of carbonyl (C=O) groups excluding carboxylic acids is 2. The fourth-order valence-corrected chi connectivity index (χ4v) is 4.52. The first-order chi connectivity index (χ1) is 15.3. The van der Waals surface area contributed by atoms with Crippen LogP contribution in [-0.4, -0.2) is 39.5 Å². The number of non-ortho nitro benzene ring substituents is 1. The molecule has 0 aliphatic carbocycles. The number of nitro benzene ring substituents is 1. The van der Waals surface area contributed by atoms with Crippen LogP contribution in [0.15, 0.2) is 51.6 Å². The van der Waals surface area contributed by atoms with Crippen LogP contribution < -0.4 is 5.32 Å². The Morgan fingerprint density at radius 1 is 1.38 bits per heavy atom. The van der Waals surface area contributed by atoms with Crippen LogP contribution >= 0.6 is 11.8 Å². The molecule has 32 heavy (non-hydrogen) atoms. The van der Waals surface area contributed by atoms with Crippen molar-refractivity contribution in [3.05, 3.63) is 62.3 Å². The van der Waals surface area contributed by atoms with Crippen LogP contribution in [0.2, 0.25) is 0 Å². The van der Waals surface area contributed by atoms with Gasteiger partial charge in [-0.15, -0.1) is 0 Å². The summed E-state index contributed by atoms with van der Waals surface area (Å²) in [5.74, 6) is -0.682. The zero-order valence-corrected chi connectivity index (χ0v) is 19.3. The summed E-state index contributed by atoms with van der Waals surface area (Å²) in [6.07, 6.45) is 0.901. The predicted octanol–water partition coefficient (Wildman–Crippen LogP) is 4.04. The Bertz CT molecular complexity index is 1030. The molecule has 1 amide bonds. The van der Waals surface area contributed by atoms with Crippen LogP contribution in [0.3, 0.4) is 0 Å². The van der Waals surface area contributed by atoms with Gasteiger partial charge in [0.25, 0.3) is 5.69 Å². The number of rotatable bonds is 8. The lowest BCUT2D eigenvalue weighted by molar-refractivity contribution is -0.384. The van der Waals surface area contributed by atoms with Crippen molar-refractivity contribution in [1.29, 1.82) is 0 Å². The average Bonchev–Trinajstić information content (AvgIpc) is 3.14. The Morgan fingerprint density at radius 3 is 2.78 bits per heavy atom. The third-order valence-electron chi connectivity index (χ3n) is 5.25. The number of benzene rings is 1. The molecule has 1 aromatic rings. The van der Waals surface area contributed by atoms with E-state index in [1.165, 1.54) is 23.9 Å². The molecule has 0 saturated carbocycles. The van der Waals surface area contributed by atoms with Crippen molar-refractivity contribution in [3.63, 3.8) is 0 Å². The number of nitrogens with zero attached hydrogens (tertiary/aromatic N) is 3. The molecule has 2 heterocycles. The Morgan fingerprint density at radius 2 is 2.12 bits per heavy atom. The molecule has 170 valence electrons. The smallest absolute Gasteiger partial charge is 0.338 e. The first-order valence-corrected chi connectivity index (χ1v) is 11.3. The Kier molecular flexibility index (Phi) is 7.34. The summed E-state index contributed by atoms with van der Waals surface area (Å²) in [5, 5.41) is 16.8. The molecular formula is C22H26N4O5S. The minimum atomic E-state index is -0.695. The molecule has 1 N–H and O–H groups in total. The molecule has 1 aromatic carbocycles. The summed E-state index contributed by atoms with van der Waals surface area (Å²) in [6, 6.07) is 5.50. The van der Waals surface area contributed by atoms with Gasteiger partial charge in [0.05, 0.1) is 35.3 Å². The number of amides is 1. The number of hydrogen-bond donors (Lipinski definition) is 1. The summed E-state index contributed by atoms with van der Waals surface area (Å²) >= 11 is 1.35. The van der Waals surface area contributed by atoms with E-state index in [0.717, 1.165) is 6.42 Å². The average molecular weight is 459 g/mol. The van der Waals surface area contributed by atoms with E-state index >= 15 is 0 Å². The van der Waals surface area contributed by atoms with Gasteiger partial charge in [0, 0.05) is 23.9 Å². The Labute approximate surface area is 190 Å². The Hall–Kier alpha value is -3.14. The van der Waals surface area contributed by atoms with Crippen LogP contribution in [0.5, 0.6) is 0 Å². The van der Waals surface area contributed by atoms with Gasteiger partial charge in [-0.25, -0.2) is 9.79 Å². The van der Waals surface area contributed by atoms with Gasteiger partial charge in [0.15, 0.2) is 5.17 Å². The van der Waals surface area contributed by atoms with Crippen molar-refractivity contribution < 1.29 is 19.2 Å². The van der Waals surface area contributed by atoms with E-state index in [-0.39, 0.29) is 30.7 Å². The number of ether oxygens (including phenoxy) is 1. The summed E-state index contributed by atoms with van der Waals surface area (Å²) in [6.45, 7) is 7.53. The van der Waals surface area contributed by atoms with E-state index in [2.05, 4.69) is 10.3 Å². The van der Waals surface area contributed by atoms with Crippen LogP contribution in [0.25, 0.3) is 0 Å². The highest BCUT2D eigenvalue weighted by molar-refractivity contribution is 8.16. The van der Waals surface area contributed by atoms with Gasteiger partial charge in [-0.1, -0.05) is 30.8 Å². The third-order valence-corrected chi connectivity index (χ3v) is 6.14. The van der Waals surface area contributed by atoms with Crippen molar-refractivity contribution in [1.82, 2.24) is 10.2 Å². The molecule has 0 unspecified atom stereocenters. The van der Waals surface area contributed by atoms with Crippen molar-refractivity contribution in [2.45, 2.75) is 52.6 Å². The van der Waals surface area contributed by atoms with Crippen LogP contribution in [0.4, 0.5) is 5.69 Å². The molecular weight excluding hydrogens is 432 g/mol. The number of nitrogens with one attached hydrogen (secondary N) is 1. The van der Waals surface area contributed by atoms with E-state index in [9.17, 15) is 19.7 Å². The minimum Gasteiger partial charge on any atom is -0.463 e. The van der Waals surface area contributed by atoms with Gasteiger partial charge in [0.1, 0.15) is 0 Å². The molecule has 9 nitrogen and oxygen atoms in total. The lowest BCUT2D eigenvalue weighted by Gasteiger charge is -2.36. The molecule has 0 saturated heterocycles. The van der Waals surface area contributed by atoms with E-state index < -0.39 is 16.9 Å². The lowest BCUT2D eigenvalue weighted by atomic mass is 9.93. The number of allylic oxidation sites excluding steroid dienone is 1. The SMILES string of the molecule is CCOC(=O)C1=C(C)N=C2SC=C(CC(=O)N[C@@H](C)CC)N2[C@H]1c1cccc([N+](=O)[O-])c1. The highest BCUT2D eigenvalue weighted by Gasteiger charge is 2.41. The maximum absolute atomic E-state index is 12.9. The zero-order valence-electron chi connectivity index (χ0n) is 18.5. The van der Waals surface area contributed by atoms with Gasteiger partial charge < -0.3 is 15.0 Å². The number of carbonyl (C=O) groups is 2.